The molecule has 10 nitrogen and oxygen atoms in total. The van der Waals surface area contributed by atoms with Gasteiger partial charge in [0.15, 0.2) is 12.4 Å². The number of carbonyl (C=O) groups excluding carboxylic acids is 1. The zero-order chi connectivity index (χ0) is 20.7. The number of nitro groups is 1. The normalized spacial score (nSPS) is 13.1. The Bertz CT molecular complexity index is 1150. The molecule has 4 rings (SSSR count). The Morgan fingerprint density at radius 3 is 2.90 bits per heavy atom. The highest BCUT2D eigenvalue weighted by Gasteiger charge is 2.23. The number of hydrogen-bond donors (Lipinski definition) is 0. The van der Waals surface area contributed by atoms with E-state index in [1.807, 2.05) is 0 Å². The van der Waals surface area contributed by atoms with Gasteiger partial charge in [-0.3, -0.25) is 14.8 Å². The number of fused-ring (bicyclic) bond motifs is 2. The maximum absolute atomic E-state index is 12.8. The number of ether oxygens (including phenoxy) is 3. The van der Waals surface area contributed by atoms with Gasteiger partial charge in [0.2, 0.25) is 0 Å². The topological polar surface area (TPSA) is 119 Å². The van der Waals surface area contributed by atoms with Crippen LogP contribution in [-0.2, 0) is 29.7 Å². The summed E-state index contributed by atoms with van der Waals surface area (Å²) in [6.07, 6.45) is 0. The van der Waals surface area contributed by atoms with E-state index >= 15 is 0 Å². The van der Waals surface area contributed by atoms with Crippen molar-refractivity contribution < 1.29 is 23.9 Å². The Balaban J connectivity index is 1.67. The van der Waals surface area contributed by atoms with E-state index in [1.54, 1.807) is 31.6 Å². The molecule has 1 aromatic carbocycles. The monoisotopic (exact) mass is 398 g/mol. The van der Waals surface area contributed by atoms with Crippen molar-refractivity contribution in [2.75, 3.05) is 6.79 Å². The molecule has 0 radical (unpaired) electrons. The third-order valence-corrected chi connectivity index (χ3v) is 4.66. The molecule has 0 atom stereocenters. The van der Waals surface area contributed by atoms with Crippen molar-refractivity contribution in [1.29, 1.82) is 0 Å². The molecule has 1 aliphatic rings. The molecule has 0 saturated heterocycles. The van der Waals surface area contributed by atoms with Crippen LogP contribution in [0.4, 0.5) is 5.69 Å². The minimum absolute atomic E-state index is 0.0325. The molecule has 0 saturated carbocycles. The molecule has 3 aromatic rings. The van der Waals surface area contributed by atoms with Gasteiger partial charge in [-0.1, -0.05) is 0 Å². The Morgan fingerprint density at radius 2 is 2.14 bits per heavy atom. The Kier molecular flexibility index (Phi) is 4.63. The molecule has 1 aliphatic heterocycles. The predicted molar refractivity (Wildman–Crippen MR) is 100 cm³/mol. The minimum Gasteiger partial charge on any atom is -0.467 e. The summed E-state index contributed by atoms with van der Waals surface area (Å²) in [5.74, 6) is -0.118. The molecule has 0 bridgehead atoms. The Hall–Kier alpha value is -3.53. The maximum Gasteiger partial charge on any atom is 0.339 e. The highest BCUT2D eigenvalue weighted by molar-refractivity contribution is 6.03. The van der Waals surface area contributed by atoms with Gasteiger partial charge in [-0.2, -0.15) is 5.10 Å². The van der Waals surface area contributed by atoms with Gasteiger partial charge in [-0.25, -0.2) is 9.78 Å². The van der Waals surface area contributed by atoms with Gasteiger partial charge in [0.25, 0.3) is 5.69 Å². The largest absolute Gasteiger partial charge is 0.467 e. The predicted octanol–water partition coefficient (Wildman–Crippen LogP) is 2.72. The molecular formula is C19H18N4O6. The van der Waals surface area contributed by atoms with Gasteiger partial charge in [0.05, 0.1) is 28.2 Å². The molecule has 150 valence electrons. The van der Waals surface area contributed by atoms with Crippen LogP contribution in [0.1, 0.15) is 32.9 Å². The number of nitro benzene ring substituents is 1. The third kappa shape index (κ3) is 3.38. The molecular weight excluding hydrogens is 380 g/mol. The van der Waals surface area contributed by atoms with Crippen LogP contribution >= 0.6 is 0 Å². The molecule has 0 spiro atoms. The lowest BCUT2D eigenvalue weighted by atomic mass is 10.1. The Labute approximate surface area is 165 Å². The number of pyridine rings is 1. The van der Waals surface area contributed by atoms with Crippen LogP contribution in [0.2, 0.25) is 0 Å². The summed E-state index contributed by atoms with van der Waals surface area (Å²) in [7, 11) is 1.76. The molecule has 2 aromatic heterocycles. The summed E-state index contributed by atoms with van der Waals surface area (Å²) in [5.41, 5.74) is 3.09. The number of esters is 1. The molecule has 0 amide bonds. The van der Waals surface area contributed by atoms with Crippen molar-refractivity contribution in [3.8, 4) is 5.75 Å². The van der Waals surface area contributed by atoms with Crippen LogP contribution in [0.25, 0.3) is 11.0 Å². The van der Waals surface area contributed by atoms with Gasteiger partial charge < -0.3 is 14.2 Å². The third-order valence-electron chi connectivity index (χ3n) is 4.66. The average Bonchev–Trinajstić information content (AvgIpc) is 2.98. The first kappa shape index (κ1) is 18.8. The van der Waals surface area contributed by atoms with Gasteiger partial charge in [0, 0.05) is 36.0 Å². The average molecular weight is 398 g/mol. The van der Waals surface area contributed by atoms with E-state index in [4.69, 9.17) is 14.2 Å². The van der Waals surface area contributed by atoms with Crippen molar-refractivity contribution >= 4 is 22.7 Å². The van der Waals surface area contributed by atoms with E-state index in [9.17, 15) is 14.9 Å². The maximum atomic E-state index is 12.8. The number of aromatic nitrogens is 3. The van der Waals surface area contributed by atoms with Gasteiger partial charge >= 0.3 is 5.97 Å². The minimum atomic E-state index is -0.566. The first-order chi connectivity index (χ1) is 13.8. The van der Waals surface area contributed by atoms with Gasteiger partial charge in [0.1, 0.15) is 12.4 Å². The second kappa shape index (κ2) is 7.13. The fourth-order valence-electron chi connectivity index (χ4n) is 3.45. The summed E-state index contributed by atoms with van der Waals surface area (Å²) in [6.45, 7) is 3.62. The van der Waals surface area contributed by atoms with Crippen molar-refractivity contribution in [2.24, 2.45) is 7.05 Å². The first-order valence-electron chi connectivity index (χ1n) is 8.84. The summed E-state index contributed by atoms with van der Waals surface area (Å²) < 4.78 is 17.8. The van der Waals surface area contributed by atoms with Crippen molar-refractivity contribution in [1.82, 2.24) is 14.8 Å². The van der Waals surface area contributed by atoms with E-state index in [2.05, 4.69) is 10.1 Å². The van der Waals surface area contributed by atoms with Crippen LogP contribution in [0, 0.1) is 24.0 Å². The lowest BCUT2D eigenvalue weighted by Crippen LogP contribution is -2.15. The second-order valence-electron chi connectivity index (χ2n) is 6.76. The van der Waals surface area contributed by atoms with E-state index in [0.29, 0.717) is 44.9 Å². The molecule has 0 unspecified atom stereocenters. The number of rotatable bonds is 4. The second-order valence-corrected chi connectivity index (χ2v) is 6.76. The summed E-state index contributed by atoms with van der Waals surface area (Å²) in [6, 6.07) is 4.39. The standard InChI is InChI=1S/C19H18N4O6/c1-10-4-15(16-11(2)21-22(3)18(16)20-10)19(24)28-8-13-6-14(23(25)26)5-12-7-27-9-29-17(12)13/h4-6H,7-9H2,1-3H3. The fourth-order valence-corrected chi connectivity index (χ4v) is 3.45. The van der Waals surface area contributed by atoms with E-state index in [1.165, 1.54) is 12.1 Å². The number of hydrogen-bond acceptors (Lipinski definition) is 8. The van der Waals surface area contributed by atoms with Gasteiger partial charge in [-0.15, -0.1) is 0 Å². The smallest absolute Gasteiger partial charge is 0.339 e. The van der Waals surface area contributed by atoms with Crippen LogP contribution in [-0.4, -0.2) is 32.5 Å². The van der Waals surface area contributed by atoms with Crippen molar-refractivity contribution in [2.45, 2.75) is 27.1 Å². The number of aryl methyl sites for hydroxylation is 3. The summed E-state index contributed by atoms with van der Waals surface area (Å²) in [5, 5.41) is 16.2. The molecule has 0 N–H and O–H groups in total. The lowest BCUT2D eigenvalue weighted by molar-refractivity contribution is -0.385. The van der Waals surface area contributed by atoms with Crippen LogP contribution in [0.3, 0.4) is 0 Å². The highest BCUT2D eigenvalue weighted by Crippen LogP contribution is 2.33. The molecule has 3 heterocycles. The lowest BCUT2D eigenvalue weighted by Gasteiger charge is -2.20. The highest BCUT2D eigenvalue weighted by atomic mass is 16.7. The zero-order valence-corrected chi connectivity index (χ0v) is 16.1. The van der Waals surface area contributed by atoms with Crippen LogP contribution < -0.4 is 4.74 Å². The zero-order valence-electron chi connectivity index (χ0n) is 16.1. The van der Waals surface area contributed by atoms with Crippen LogP contribution in [0.15, 0.2) is 18.2 Å². The van der Waals surface area contributed by atoms with Crippen LogP contribution in [0.5, 0.6) is 5.75 Å². The molecule has 0 fully saturated rings. The molecule has 10 heteroatoms. The van der Waals surface area contributed by atoms with E-state index in [-0.39, 0.29) is 25.7 Å². The number of carbonyl (C=O) groups is 1. The van der Waals surface area contributed by atoms with Gasteiger partial charge in [-0.05, 0) is 19.9 Å². The molecule has 0 aliphatic carbocycles. The quantitative estimate of drug-likeness (QED) is 0.374. The summed E-state index contributed by atoms with van der Waals surface area (Å²) >= 11 is 0. The number of non-ortho nitro benzene ring substituents is 1. The van der Waals surface area contributed by atoms with E-state index < -0.39 is 10.9 Å². The molecule has 29 heavy (non-hydrogen) atoms. The Morgan fingerprint density at radius 1 is 1.34 bits per heavy atom. The summed E-state index contributed by atoms with van der Waals surface area (Å²) in [4.78, 5) is 28.0. The van der Waals surface area contributed by atoms with Crippen molar-refractivity contribution in [3.63, 3.8) is 0 Å². The number of benzene rings is 1. The number of nitrogens with zero attached hydrogens (tertiary/aromatic N) is 4. The SMILES string of the molecule is Cc1cc(C(=O)OCc2cc([N+](=O)[O-])cc3c2OCOC3)c2c(C)nn(C)c2n1. The fraction of sp³-hybridized carbons (Fsp3) is 0.316. The first-order valence-corrected chi connectivity index (χ1v) is 8.84. The van der Waals surface area contributed by atoms with Crippen molar-refractivity contribution in [3.05, 3.63) is 56.4 Å². The van der Waals surface area contributed by atoms with E-state index in [0.717, 1.165) is 0 Å².